The molecule has 2 atom stereocenters. The van der Waals surface area contributed by atoms with E-state index in [1.807, 2.05) is 0 Å². The monoisotopic (exact) mass is 828 g/mol. The first-order chi connectivity index (χ1) is 27.8. The first-order valence-electron chi connectivity index (χ1n) is 23.8. The fourth-order valence-electron chi connectivity index (χ4n) is 6.74. The standard InChI is InChI=1S/C47H90NO8P/c1-3-5-7-9-11-13-15-17-19-20-21-22-23-24-26-28-30-32-34-36-38-40-47(50)56-45(44-55-57(51,52)54-42-41-48)43-53-46(49)39-37-35-33-31-29-27-25-18-16-14-12-10-8-6-4-2/h17-19,25,45H,3-16,20-24,26-44,48H2,1-2H3,(H,51,52)/b19-17+,25-18+/t45-/m1/s1. The maximum absolute atomic E-state index is 12.6. The van der Waals surface area contributed by atoms with Gasteiger partial charge in [0.15, 0.2) is 6.10 Å². The van der Waals surface area contributed by atoms with Crippen LogP contribution in [0.3, 0.4) is 0 Å². The number of unbranched alkanes of at least 4 members (excludes halogenated alkanes) is 28. The van der Waals surface area contributed by atoms with E-state index in [2.05, 4.69) is 38.2 Å². The summed E-state index contributed by atoms with van der Waals surface area (Å²) in [4.78, 5) is 34.9. The van der Waals surface area contributed by atoms with Crippen LogP contribution >= 0.6 is 7.82 Å². The number of hydrogen-bond acceptors (Lipinski definition) is 8. The molecule has 0 aromatic rings. The summed E-state index contributed by atoms with van der Waals surface area (Å²) < 4.78 is 32.8. The Hall–Kier alpha value is -1.51. The zero-order chi connectivity index (χ0) is 41.8. The summed E-state index contributed by atoms with van der Waals surface area (Å²) >= 11 is 0. The number of allylic oxidation sites excluding steroid dienone is 4. The number of nitrogens with two attached hydrogens (primary N) is 1. The largest absolute Gasteiger partial charge is 0.472 e. The van der Waals surface area contributed by atoms with Crippen LogP contribution in [0.2, 0.25) is 0 Å². The van der Waals surface area contributed by atoms with Gasteiger partial charge in [-0.2, -0.15) is 0 Å². The van der Waals surface area contributed by atoms with Gasteiger partial charge in [-0.3, -0.25) is 18.6 Å². The van der Waals surface area contributed by atoms with E-state index >= 15 is 0 Å². The predicted octanol–water partition coefficient (Wildman–Crippen LogP) is 13.9. The van der Waals surface area contributed by atoms with E-state index in [0.717, 1.165) is 57.8 Å². The number of phosphoric acid groups is 1. The molecule has 336 valence electrons. The van der Waals surface area contributed by atoms with E-state index in [-0.39, 0.29) is 38.6 Å². The minimum Gasteiger partial charge on any atom is -0.462 e. The van der Waals surface area contributed by atoms with Gasteiger partial charge in [-0.05, 0) is 64.2 Å². The Morgan fingerprint density at radius 3 is 1.25 bits per heavy atom. The fraction of sp³-hybridized carbons (Fsp3) is 0.872. The van der Waals surface area contributed by atoms with Gasteiger partial charge in [-0.1, -0.05) is 179 Å². The molecule has 0 aliphatic heterocycles. The van der Waals surface area contributed by atoms with Crippen molar-refractivity contribution in [3.8, 4) is 0 Å². The van der Waals surface area contributed by atoms with Crippen LogP contribution in [0.25, 0.3) is 0 Å². The molecule has 0 fully saturated rings. The summed E-state index contributed by atoms with van der Waals surface area (Å²) in [6.07, 6.45) is 47.8. The molecule has 0 heterocycles. The second kappa shape index (κ2) is 44.1. The quantitative estimate of drug-likeness (QED) is 0.0266. The first kappa shape index (κ1) is 55.5. The maximum Gasteiger partial charge on any atom is 0.472 e. The molecule has 0 saturated carbocycles. The predicted molar refractivity (Wildman–Crippen MR) is 238 cm³/mol. The average Bonchev–Trinajstić information content (AvgIpc) is 3.20. The van der Waals surface area contributed by atoms with E-state index in [9.17, 15) is 19.0 Å². The Morgan fingerprint density at radius 1 is 0.509 bits per heavy atom. The molecule has 10 heteroatoms. The highest BCUT2D eigenvalue weighted by Gasteiger charge is 2.26. The zero-order valence-corrected chi connectivity index (χ0v) is 38.0. The third kappa shape index (κ3) is 43.9. The molecule has 0 aliphatic rings. The van der Waals surface area contributed by atoms with Crippen LogP contribution < -0.4 is 5.73 Å². The van der Waals surface area contributed by atoms with Crippen LogP contribution in [0.4, 0.5) is 0 Å². The van der Waals surface area contributed by atoms with Crippen LogP contribution in [-0.2, 0) is 32.7 Å². The topological polar surface area (TPSA) is 134 Å². The van der Waals surface area contributed by atoms with Gasteiger partial charge >= 0.3 is 19.8 Å². The highest BCUT2D eigenvalue weighted by molar-refractivity contribution is 7.47. The lowest BCUT2D eigenvalue weighted by Crippen LogP contribution is -2.29. The summed E-state index contributed by atoms with van der Waals surface area (Å²) in [6.45, 7) is 3.74. The molecule has 0 bridgehead atoms. The third-order valence-electron chi connectivity index (χ3n) is 10.3. The number of hydrogen-bond donors (Lipinski definition) is 2. The van der Waals surface area contributed by atoms with Crippen molar-refractivity contribution >= 4 is 19.8 Å². The molecule has 0 aliphatic carbocycles. The Labute approximate surface area is 351 Å². The summed E-state index contributed by atoms with van der Waals surface area (Å²) in [5.74, 6) is -0.831. The SMILES string of the molecule is CCCCCCCC/C=C/CCCCCCCCCCCCCC(=O)O[C@H](COC(=O)CCCCCCC/C=C/CCCCCCCC)COP(=O)(O)OCCN. The number of ether oxygens (including phenoxy) is 2. The van der Waals surface area contributed by atoms with Crippen LogP contribution in [0, 0.1) is 0 Å². The minimum atomic E-state index is -4.38. The van der Waals surface area contributed by atoms with Gasteiger partial charge in [0.05, 0.1) is 13.2 Å². The molecule has 0 rings (SSSR count). The third-order valence-corrected chi connectivity index (χ3v) is 11.3. The van der Waals surface area contributed by atoms with Gasteiger partial charge < -0.3 is 20.1 Å². The van der Waals surface area contributed by atoms with Crippen molar-refractivity contribution < 1.29 is 37.6 Å². The zero-order valence-electron chi connectivity index (χ0n) is 37.1. The molecule has 0 aromatic carbocycles. The molecular formula is C47H90NO8P. The summed E-state index contributed by atoms with van der Waals surface area (Å²) in [7, 11) is -4.38. The molecule has 1 unspecified atom stereocenters. The van der Waals surface area contributed by atoms with E-state index in [4.69, 9.17) is 24.3 Å². The molecule has 0 amide bonds. The Kier molecular flexibility index (Phi) is 42.9. The molecular weight excluding hydrogens is 737 g/mol. The lowest BCUT2D eigenvalue weighted by molar-refractivity contribution is -0.161. The number of rotatable bonds is 45. The molecule has 0 spiro atoms. The summed E-state index contributed by atoms with van der Waals surface area (Å²) in [5.41, 5.74) is 5.36. The molecule has 9 nitrogen and oxygen atoms in total. The van der Waals surface area contributed by atoms with Gasteiger partial charge in [0, 0.05) is 19.4 Å². The van der Waals surface area contributed by atoms with Gasteiger partial charge in [-0.15, -0.1) is 0 Å². The lowest BCUT2D eigenvalue weighted by atomic mass is 10.0. The highest BCUT2D eigenvalue weighted by Crippen LogP contribution is 2.43. The highest BCUT2D eigenvalue weighted by atomic mass is 31.2. The second-order valence-electron chi connectivity index (χ2n) is 16.0. The van der Waals surface area contributed by atoms with E-state index < -0.39 is 26.5 Å². The number of esters is 2. The van der Waals surface area contributed by atoms with E-state index in [0.29, 0.717) is 6.42 Å². The van der Waals surface area contributed by atoms with Crippen LogP contribution in [0.15, 0.2) is 24.3 Å². The lowest BCUT2D eigenvalue weighted by Gasteiger charge is -2.19. The Morgan fingerprint density at radius 2 is 0.860 bits per heavy atom. The Balaban J connectivity index is 4.07. The molecule has 3 N–H and O–H groups in total. The van der Waals surface area contributed by atoms with Gasteiger partial charge in [0.25, 0.3) is 0 Å². The second-order valence-corrected chi connectivity index (χ2v) is 17.4. The molecule has 57 heavy (non-hydrogen) atoms. The average molecular weight is 828 g/mol. The number of phosphoric ester groups is 1. The smallest absolute Gasteiger partial charge is 0.462 e. The van der Waals surface area contributed by atoms with Crippen molar-refractivity contribution in [2.45, 2.75) is 238 Å². The van der Waals surface area contributed by atoms with Crippen molar-refractivity contribution in [2.24, 2.45) is 5.73 Å². The van der Waals surface area contributed by atoms with Crippen molar-refractivity contribution in [3.63, 3.8) is 0 Å². The molecule has 0 radical (unpaired) electrons. The molecule has 0 aromatic heterocycles. The number of carbonyl (C=O) groups is 2. The first-order valence-corrected chi connectivity index (χ1v) is 25.3. The summed E-state index contributed by atoms with van der Waals surface area (Å²) in [6, 6.07) is 0. The Bertz CT molecular complexity index is 990. The fourth-order valence-corrected chi connectivity index (χ4v) is 7.51. The van der Waals surface area contributed by atoms with Gasteiger partial charge in [0.2, 0.25) is 0 Å². The molecule has 0 saturated heterocycles. The number of carbonyl (C=O) groups excluding carboxylic acids is 2. The maximum atomic E-state index is 12.6. The van der Waals surface area contributed by atoms with E-state index in [1.54, 1.807) is 0 Å². The van der Waals surface area contributed by atoms with Gasteiger partial charge in [-0.25, -0.2) is 4.57 Å². The normalized spacial score (nSPS) is 13.4. The van der Waals surface area contributed by atoms with Crippen LogP contribution in [0.5, 0.6) is 0 Å². The van der Waals surface area contributed by atoms with Crippen molar-refractivity contribution in [1.82, 2.24) is 0 Å². The van der Waals surface area contributed by atoms with Crippen molar-refractivity contribution in [2.75, 3.05) is 26.4 Å². The van der Waals surface area contributed by atoms with E-state index in [1.165, 1.54) is 141 Å². The summed E-state index contributed by atoms with van der Waals surface area (Å²) in [5, 5.41) is 0. The van der Waals surface area contributed by atoms with Gasteiger partial charge in [0.1, 0.15) is 6.61 Å². The minimum absolute atomic E-state index is 0.0535. The van der Waals surface area contributed by atoms with Crippen LogP contribution in [-0.4, -0.2) is 49.3 Å². The van der Waals surface area contributed by atoms with Crippen molar-refractivity contribution in [3.05, 3.63) is 24.3 Å². The van der Waals surface area contributed by atoms with Crippen LogP contribution in [0.1, 0.15) is 232 Å². The van der Waals surface area contributed by atoms with Crippen molar-refractivity contribution in [1.29, 1.82) is 0 Å².